The number of nitrogens with zero attached hydrogens (tertiary/aromatic N) is 12. The molecular weight excluding hydrogens is 1120 g/mol. The van der Waals surface area contributed by atoms with Crippen LogP contribution >= 0.6 is 11.8 Å². The quantitative estimate of drug-likeness (QED) is 0.135. The smallest absolute Gasteiger partial charge is 0.265 e. The van der Waals surface area contributed by atoms with E-state index in [9.17, 15) is 13.2 Å². The minimum absolute atomic E-state index is 0.496. The van der Waals surface area contributed by atoms with E-state index in [1.807, 2.05) is 167 Å². The summed E-state index contributed by atoms with van der Waals surface area (Å²) in [5.41, 5.74) is 15.5. The Labute approximate surface area is 514 Å². The Morgan fingerprint density at radius 2 is 0.602 bits per heavy atom. The van der Waals surface area contributed by atoms with Gasteiger partial charge in [0.05, 0.1) is 39.7 Å². The number of benzene rings is 1. The molecule has 0 atom stereocenters. The van der Waals surface area contributed by atoms with E-state index in [-0.39, 0.29) is 0 Å². The molecule has 0 saturated heterocycles. The summed E-state index contributed by atoms with van der Waals surface area (Å²) in [4.78, 5) is 51.6. The van der Waals surface area contributed by atoms with Crippen molar-refractivity contribution in [1.29, 1.82) is 0 Å². The first-order chi connectivity index (χ1) is 43.0. The van der Waals surface area contributed by atoms with Crippen LogP contribution in [0.3, 0.4) is 0 Å². The number of rotatable bonds is 9. The summed E-state index contributed by atoms with van der Waals surface area (Å²) in [6.07, 6.45) is 28.5. The fourth-order valence-electron chi connectivity index (χ4n) is 7.72. The fourth-order valence-corrected chi connectivity index (χ4v) is 8.52. The van der Waals surface area contributed by atoms with Crippen molar-refractivity contribution in [3.63, 3.8) is 0 Å². The van der Waals surface area contributed by atoms with Gasteiger partial charge in [-0.2, -0.15) is 13.2 Å². The minimum atomic E-state index is -4.34. The van der Waals surface area contributed by atoms with Crippen molar-refractivity contribution in [2.24, 2.45) is 0 Å². The first kappa shape index (κ1) is 62.9. The van der Waals surface area contributed by atoms with Crippen molar-refractivity contribution < 1.29 is 13.2 Å². The maximum Gasteiger partial charge on any atom is 0.417 e. The second-order valence-corrected chi connectivity index (χ2v) is 20.1. The van der Waals surface area contributed by atoms with E-state index in [0.29, 0.717) is 5.69 Å². The molecule has 12 heterocycles. The number of alkyl halides is 3. The standard InChI is InChI=1S/C16H12N2S.C12H10N2.C11H7F3N2.3C11H10N2/c1-2-4-14(5-3-1)19-15-6-7-16(18-12-15)13-8-10-17-11-9-13;1-2-10-3-4-12(14-9-10)11-5-7-13-8-6-11;12-11(13,14)9-1-2-10(16-7-9)8-3-5-15-6-4-8;3*1-9-2-3-11(13-8-9)10-4-6-12-7-5-10/h1-12H;2-9H,1H2;1-7H;3*2-8H,1H3. The Morgan fingerprint density at radius 3 is 0.852 bits per heavy atom. The molecule has 0 radical (unpaired) electrons. The first-order valence-electron chi connectivity index (χ1n) is 27.5. The van der Waals surface area contributed by atoms with Crippen molar-refractivity contribution in [1.82, 2.24) is 59.8 Å². The zero-order valence-corrected chi connectivity index (χ0v) is 49.1. The van der Waals surface area contributed by atoms with E-state index in [0.717, 1.165) is 84.6 Å². The molecule has 13 rings (SSSR count). The van der Waals surface area contributed by atoms with Gasteiger partial charge in [0.1, 0.15) is 0 Å². The van der Waals surface area contributed by atoms with Gasteiger partial charge in [-0.15, -0.1) is 0 Å². The van der Waals surface area contributed by atoms with E-state index in [2.05, 4.69) is 103 Å². The second kappa shape index (κ2) is 33.4. The van der Waals surface area contributed by atoms with Gasteiger partial charge in [-0.1, -0.05) is 66.9 Å². The molecule has 16 heteroatoms. The molecule has 0 spiro atoms. The lowest BCUT2D eigenvalue weighted by Gasteiger charge is -2.06. The van der Waals surface area contributed by atoms with Gasteiger partial charge in [-0.05, 0) is 176 Å². The summed E-state index contributed by atoms with van der Waals surface area (Å²) < 4.78 is 36.8. The fraction of sp³-hybridized carbons (Fsp3) is 0.0556. The summed E-state index contributed by atoms with van der Waals surface area (Å²) in [6, 6.07) is 55.9. The maximum atomic E-state index is 12.3. The molecule has 12 aromatic heterocycles. The largest absolute Gasteiger partial charge is 0.417 e. The van der Waals surface area contributed by atoms with Crippen LogP contribution in [0.5, 0.6) is 0 Å². The third-order valence-electron chi connectivity index (χ3n) is 12.4. The van der Waals surface area contributed by atoms with Crippen molar-refractivity contribution in [2.45, 2.75) is 36.7 Å². The second-order valence-electron chi connectivity index (χ2n) is 19.0. The van der Waals surface area contributed by atoms with Crippen molar-refractivity contribution in [2.75, 3.05) is 0 Å². The van der Waals surface area contributed by atoms with Crippen LogP contribution in [0.2, 0.25) is 0 Å². The van der Waals surface area contributed by atoms with Gasteiger partial charge < -0.3 is 0 Å². The van der Waals surface area contributed by atoms with Gasteiger partial charge in [-0.25, -0.2) is 0 Å². The van der Waals surface area contributed by atoms with E-state index in [1.54, 1.807) is 104 Å². The summed E-state index contributed by atoms with van der Waals surface area (Å²) in [5, 5.41) is 0. The summed E-state index contributed by atoms with van der Waals surface area (Å²) in [6.45, 7) is 9.78. The lowest BCUT2D eigenvalue weighted by molar-refractivity contribution is -0.137. The highest BCUT2D eigenvalue weighted by Gasteiger charge is 2.30. The molecule has 0 aliphatic rings. The zero-order chi connectivity index (χ0) is 61.6. The number of pyridine rings is 12. The third kappa shape index (κ3) is 20.6. The maximum absolute atomic E-state index is 12.3. The van der Waals surface area contributed by atoms with Gasteiger partial charge in [-0.3, -0.25) is 59.8 Å². The highest BCUT2D eigenvalue weighted by molar-refractivity contribution is 7.99. The highest BCUT2D eigenvalue weighted by atomic mass is 32.2. The Hall–Kier alpha value is -11.1. The molecule has 0 bridgehead atoms. The molecule has 0 saturated carbocycles. The Bertz CT molecular complexity index is 3870. The molecule has 13 aromatic rings. The van der Waals surface area contributed by atoms with Crippen LogP contribution in [0, 0.1) is 20.8 Å². The first-order valence-corrected chi connectivity index (χ1v) is 28.3. The monoisotopic (exact) mass is 1180 g/mol. The van der Waals surface area contributed by atoms with Crippen molar-refractivity contribution in [3.8, 4) is 67.5 Å². The van der Waals surface area contributed by atoms with Crippen LogP contribution < -0.4 is 0 Å². The summed E-state index contributed by atoms with van der Waals surface area (Å²) in [5.74, 6) is 0. The Morgan fingerprint density at radius 1 is 0.307 bits per heavy atom. The van der Waals surface area contributed by atoms with Crippen LogP contribution in [0.15, 0.2) is 304 Å². The molecule has 88 heavy (non-hydrogen) atoms. The SMILES string of the molecule is C=Cc1ccc(-c2ccncc2)nc1.Cc1ccc(-c2ccncc2)nc1.Cc1ccc(-c2ccncc2)nc1.Cc1ccc(-c2ccncc2)nc1.FC(F)(F)c1ccc(-c2ccncc2)nc1.c1ccc(Sc2ccc(-c3ccncc3)nc2)cc1. The van der Waals surface area contributed by atoms with E-state index < -0.39 is 11.7 Å². The molecule has 0 N–H and O–H groups in total. The molecule has 0 aliphatic carbocycles. The molecule has 0 aliphatic heterocycles. The number of aromatic nitrogens is 12. The summed E-state index contributed by atoms with van der Waals surface area (Å²) in [7, 11) is 0. The topological polar surface area (TPSA) is 155 Å². The lowest BCUT2D eigenvalue weighted by Crippen LogP contribution is -2.05. The Kier molecular flexibility index (Phi) is 23.9. The number of halogens is 3. The third-order valence-corrected chi connectivity index (χ3v) is 13.4. The molecule has 0 fully saturated rings. The van der Waals surface area contributed by atoms with Crippen molar-refractivity contribution >= 4 is 17.8 Å². The minimum Gasteiger partial charge on any atom is -0.265 e. The average molecular weight is 1180 g/mol. The number of hydrogen-bond donors (Lipinski definition) is 0. The summed E-state index contributed by atoms with van der Waals surface area (Å²) >= 11 is 1.72. The molecule has 0 unspecified atom stereocenters. The van der Waals surface area contributed by atoms with Crippen LogP contribution in [0.25, 0.3) is 73.6 Å². The van der Waals surface area contributed by atoms with Crippen LogP contribution in [-0.4, -0.2) is 59.8 Å². The Balaban J connectivity index is 0.000000138. The van der Waals surface area contributed by atoms with Crippen molar-refractivity contribution in [3.05, 3.63) is 322 Å². The van der Waals surface area contributed by atoms with E-state index >= 15 is 0 Å². The predicted octanol–water partition coefficient (Wildman–Crippen LogP) is 17.6. The predicted molar refractivity (Wildman–Crippen MR) is 345 cm³/mol. The zero-order valence-electron chi connectivity index (χ0n) is 48.3. The molecule has 12 nitrogen and oxygen atoms in total. The normalized spacial score (nSPS) is 10.2. The van der Waals surface area contributed by atoms with Gasteiger partial charge in [0.2, 0.25) is 0 Å². The van der Waals surface area contributed by atoms with Gasteiger partial charge in [0.25, 0.3) is 0 Å². The number of hydrogen-bond acceptors (Lipinski definition) is 13. The van der Waals surface area contributed by atoms with Crippen LogP contribution in [-0.2, 0) is 6.18 Å². The van der Waals surface area contributed by atoms with Crippen LogP contribution in [0.4, 0.5) is 13.2 Å². The van der Waals surface area contributed by atoms with Gasteiger partial charge in [0.15, 0.2) is 0 Å². The molecule has 1 aromatic carbocycles. The average Bonchev–Trinajstić information content (AvgIpc) is 3.79. The van der Waals surface area contributed by atoms with Gasteiger partial charge in [0, 0.05) is 155 Å². The molecule has 434 valence electrons. The van der Waals surface area contributed by atoms with Gasteiger partial charge >= 0.3 is 6.18 Å². The van der Waals surface area contributed by atoms with E-state index in [4.69, 9.17) is 0 Å². The molecule has 0 amide bonds. The van der Waals surface area contributed by atoms with Crippen LogP contribution in [0.1, 0.15) is 27.8 Å². The number of aryl methyl sites for hydroxylation is 3. The molecular formula is C72H59F3N12S. The van der Waals surface area contributed by atoms with E-state index in [1.165, 1.54) is 27.7 Å². The highest BCUT2D eigenvalue weighted by Crippen LogP contribution is 2.30. The lowest BCUT2D eigenvalue weighted by atomic mass is 10.1.